The standard InChI is InChI=1S/C20H16FN7O2S/c1-12(27-20-17-19(24-10-23-17)25-11-26-20)15-9-13-5-4-6-14(21)18(13)31(29,30)28(15)16-7-2-3-8-22-16/h2-12H,1H3,(H2,23,24,25,26,27)/t12-/m0/s1. The number of nitrogens with zero attached hydrogens (tertiary/aromatic N) is 5. The molecule has 3 aromatic heterocycles. The molecule has 156 valence electrons. The molecule has 9 nitrogen and oxygen atoms in total. The van der Waals surface area contributed by atoms with Crippen molar-refractivity contribution >= 4 is 38.9 Å². The monoisotopic (exact) mass is 437 g/mol. The third-order valence-electron chi connectivity index (χ3n) is 4.91. The summed E-state index contributed by atoms with van der Waals surface area (Å²) < 4.78 is 42.6. The first-order valence-corrected chi connectivity index (χ1v) is 10.8. The van der Waals surface area contributed by atoms with E-state index in [9.17, 15) is 12.8 Å². The van der Waals surface area contributed by atoms with Crippen LogP contribution in [0.3, 0.4) is 0 Å². The van der Waals surface area contributed by atoms with E-state index in [1.54, 1.807) is 37.3 Å². The van der Waals surface area contributed by atoms with Crippen LogP contribution in [0.4, 0.5) is 16.0 Å². The molecule has 11 heteroatoms. The van der Waals surface area contributed by atoms with E-state index in [1.165, 1.54) is 24.9 Å². The molecule has 0 saturated carbocycles. The van der Waals surface area contributed by atoms with Gasteiger partial charge in [0.2, 0.25) is 0 Å². The van der Waals surface area contributed by atoms with Crippen LogP contribution >= 0.6 is 0 Å². The second kappa shape index (κ2) is 7.13. The fourth-order valence-corrected chi connectivity index (χ4v) is 5.31. The van der Waals surface area contributed by atoms with Crippen LogP contribution in [0.1, 0.15) is 12.5 Å². The molecule has 5 rings (SSSR count). The first-order valence-electron chi connectivity index (χ1n) is 9.34. The Kier molecular flexibility index (Phi) is 4.40. The van der Waals surface area contributed by atoms with E-state index in [-0.39, 0.29) is 16.3 Å². The van der Waals surface area contributed by atoms with Crippen LogP contribution in [0.25, 0.3) is 17.2 Å². The second-order valence-electron chi connectivity index (χ2n) is 6.87. The van der Waals surface area contributed by atoms with E-state index in [0.717, 1.165) is 10.4 Å². The Bertz CT molecular complexity index is 1420. The summed E-state index contributed by atoms with van der Waals surface area (Å²) in [6.45, 7) is 1.78. The SMILES string of the molecule is C[C@H](Nc1ncnc2nc[nH]c12)C1=Cc2cccc(F)c2S(=O)(=O)N1c1ccccn1. The number of sulfonamides is 1. The maximum Gasteiger partial charge on any atom is 0.273 e. The first kappa shape index (κ1) is 19.1. The van der Waals surface area contributed by atoms with E-state index in [2.05, 4.69) is 30.2 Å². The lowest BCUT2D eigenvalue weighted by atomic mass is 10.1. The number of aromatic nitrogens is 5. The van der Waals surface area contributed by atoms with Crippen LogP contribution in [-0.4, -0.2) is 39.4 Å². The molecular formula is C20H16FN7O2S. The number of hydrogen-bond donors (Lipinski definition) is 2. The van der Waals surface area contributed by atoms with Crippen molar-refractivity contribution in [3.63, 3.8) is 0 Å². The molecule has 4 aromatic rings. The molecule has 0 saturated heterocycles. The van der Waals surface area contributed by atoms with Crippen LogP contribution in [0.5, 0.6) is 0 Å². The number of aromatic amines is 1. The lowest BCUT2D eigenvalue weighted by molar-refractivity contribution is 0.562. The molecule has 0 radical (unpaired) electrons. The highest BCUT2D eigenvalue weighted by atomic mass is 32.2. The zero-order chi connectivity index (χ0) is 21.6. The Balaban J connectivity index is 1.66. The number of rotatable bonds is 4. The largest absolute Gasteiger partial charge is 0.360 e. The van der Waals surface area contributed by atoms with Crippen molar-refractivity contribution in [1.29, 1.82) is 0 Å². The lowest BCUT2D eigenvalue weighted by Crippen LogP contribution is -2.40. The van der Waals surface area contributed by atoms with Gasteiger partial charge in [0.05, 0.1) is 18.1 Å². The van der Waals surface area contributed by atoms with Gasteiger partial charge in [-0.3, -0.25) is 0 Å². The number of H-pyrrole nitrogens is 1. The summed E-state index contributed by atoms with van der Waals surface area (Å²) in [7, 11) is -4.25. The summed E-state index contributed by atoms with van der Waals surface area (Å²) >= 11 is 0. The molecule has 4 heterocycles. The van der Waals surface area contributed by atoms with Crippen molar-refractivity contribution in [2.24, 2.45) is 0 Å². The molecule has 1 aromatic carbocycles. The van der Waals surface area contributed by atoms with Gasteiger partial charge in [-0.15, -0.1) is 0 Å². The predicted molar refractivity (Wildman–Crippen MR) is 113 cm³/mol. The van der Waals surface area contributed by atoms with Gasteiger partial charge in [0.1, 0.15) is 28.4 Å². The summed E-state index contributed by atoms with van der Waals surface area (Å²) in [6, 6.07) is 8.53. The highest BCUT2D eigenvalue weighted by molar-refractivity contribution is 7.93. The molecule has 0 bridgehead atoms. The van der Waals surface area contributed by atoms with Crippen molar-refractivity contribution < 1.29 is 12.8 Å². The molecule has 1 aliphatic rings. The van der Waals surface area contributed by atoms with Crippen LogP contribution in [0.15, 0.2) is 65.8 Å². The fraction of sp³-hybridized carbons (Fsp3) is 0.100. The van der Waals surface area contributed by atoms with Crippen molar-refractivity contribution in [1.82, 2.24) is 24.9 Å². The predicted octanol–water partition coefficient (Wildman–Crippen LogP) is 2.94. The van der Waals surface area contributed by atoms with Gasteiger partial charge in [-0.2, -0.15) is 0 Å². The topological polar surface area (TPSA) is 117 Å². The number of nitrogens with one attached hydrogen (secondary N) is 2. The zero-order valence-electron chi connectivity index (χ0n) is 16.2. The molecular weight excluding hydrogens is 421 g/mol. The summed E-state index contributed by atoms with van der Waals surface area (Å²) in [4.78, 5) is 19.2. The Hall–Kier alpha value is -3.86. The third-order valence-corrected chi connectivity index (χ3v) is 6.74. The van der Waals surface area contributed by atoms with Crippen LogP contribution < -0.4 is 9.62 Å². The maximum absolute atomic E-state index is 14.6. The van der Waals surface area contributed by atoms with Crippen LogP contribution in [0.2, 0.25) is 0 Å². The first-order chi connectivity index (χ1) is 15.0. The minimum absolute atomic E-state index is 0.158. The molecule has 31 heavy (non-hydrogen) atoms. The number of pyridine rings is 1. The zero-order valence-corrected chi connectivity index (χ0v) is 17.0. The van der Waals surface area contributed by atoms with Crippen LogP contribution in [-0.2, 0) is 10.0 Å². The highest BCUT2D eigenvalue weighted by Gasteiger charge is 2.38. The fourth-order valence-electron chi connectivity index (χ4n) is 3.54. The van der Waals surface area contributed by atoms with E-state index < -0.39 is 21.9 Å². The quantitative estimate of drug-likeness (QED) is 0.504. The average Bonchev–Trinajstić information content (AvgIpc) is 3.23. The van der Waals surface area contributed by atoms with Gasteiger partial charge < -0.3 is 10.3 Å². The van der Waals surface area contributed by atoms with Gasteiger partial charge in [-0.1, -0.05) is 18.2 Å². The number of benzene rings is 1. The normalized spacial score (nSPS) is 15.9. The van der Waals surface area contributed by atoms with Crippen molar-refractivity contribution in [2.45, 2.75) is 17.9 Å². The van der Waals surface area contributed by atoms with Gasteiger partial charge in [-0.25, -0.2) is 37.0 Å². The second-order valence-corrected chi connectivity index (χ2v) is 8.60. The average molecular weight is 437 g/mol. The van der Waals surface area contributed by atoms with Gasteiger partial charge in [0, 0.05) is 6.20 Å². The Labute approximate surface area is 176 Å². The Morgan fingerprint density at radius 3 is 2.77 bits per heavy atom. The van der Waals surface area contributed by atoms with E-state index >= 15 is 0 Å². The molecule has 1 atom stereocenters. The third kappa shape index (κ3) is 3.10. The molecule has 0 fully saturated rings. The number of anilines is 2. The summed E-state index contributed by atoms with van der Waals surface area (Å²) in [6.07, 6.45) is 5.98. The minimum atomic E-state index is -4.25. The lowest BCUT2D eigenvalue weighted by Gasteiger charge is -2.33. The minimum Gasteiger partial charge on any atom is -0.360 e. The molecule has 0 amide bonds. The molecule has 0 unspecified atom stereocenters. The molecule has 1 aliphatic heterocycles. The van der Waals surface area contributed by atoms with Gasteiger partial charge >= 0.3 is 0 Å². The van der Waals surface area contributed by atoms with Gasteiger partial charge in [-0.05, 0) is 36.8 Å². The van der Waals surface area contributed by atoms with E-state index in [0.29, 0.717) is 22.7 Å². The molecule has 0 aliphatic carbocycles. The Morgan fingerprint density at radius 1 is 1.10 bits per heavy atom. The molecule has 2 N–H and O–H groups in total. The number of imidazole rings is 1. The smallest absolute Gasteiger partial charge is 0.273 e. The summed E-state index contributed by atoms with van der Waals surface area (Å²) in [5, 5.41) is 3.21. The summed E-state index contributed by atoms with van der Waals surface area (Å²) in [5.41, 5.74) is 1.70. The summed E-state index contributed by atoms with van der Waals surface area (Å²) in [5.74, 6) is -0.200. The van der Waals surface area contributed by atoms with Crippen LogP contribution in [0, 0.1) is 5.82 Å². The van der Waals surface area contributed by atoms with Gasteiger partial charge in [0.25, 0.3) is 10.0 Å². The molecule has 0 spiro atoms. The number of hydrogen-bond acceptors (Lipinski definition) is 7. The Morgan fingerprint density at radius 2 is 1.97 bits per heavy atom. The number of halogens is 1. The van der Waals surface area contributed by atoms with E-state index in [4.69, 9.17) is 0 Å². The van der Waals surface area contributed by atoms with Crippen molar-refractivity contribution in [3.05, 3.63) is 72.3 Å². The number of fused-ring (bicyclic) bond motifs is 2. The van der Waals surface area contributed by atoms with Crippen molar-refractivity contribution in [2.75, 3.05) is 9.62 Å². The highest BCUT2D eigenvalue weighted by Crippen LogP contribution is 2.37. The maximum atomic E-state index is 14.6. The van der Waals surface area contributed by atoms with Crippen molar-refractivity contribution in [3.8, 4) is 0 Å². The van der Waals surface area contributed by atoms with Gasteiger partial charge in [0.15, 0.2) is 11.5 Å². The van der Waals surface area contributed by atoms with E-state index in [1.807, 2.05) is 0 Å².